The first-order valence-corrected chi connectivity index (χ1v) is 13.2. The quantitative estimate of drug-likeness (QED) is 0.501. The number of hydrogen-bond acceptors (Lipinski definition) is 9. The lowest BCUT2D eigenvalue weighted by molar-refractivity contribution is -0.122. The van der Waals surface area contributed by atoms with Crippen LogP contribution >= 0.6 is 0 Å². The third-order valence-electron chi connectivity index (χ3n) is 6.23. The second-order valence-electron chi connectivity index (χ2n) is 8.63. The van der Waals surface area contributed by atoms with Crippen LogP contribution in [0.5, 0.6) is 23.0 Å². The van der Waals surface area contributed by atoms with Crippen LogP contribution in [-0.2, 0) is 14.8 Å². The Labute approximate surface area is 210 Å². The molecule has 1 unspecified atom stereocenters. The molecular weight excluding hydrogens is 492 g/mol. The summed E-state index contributed by atoms with van der Waals surface area (Å²) >= 11 is 0. The molecule has 0 spiro atoms. The van der Waals surface area contributed by atoms with Crippen LogP contribution in [0.4, 0.5) is 0 Å². The number of amides is 1. The van der Waals surface area contributed by atoms with Crippen LogP contribution in [-0.4, -0.2) is 70.5 Å². The maximum absolute atomic E-state index is 13.2. The van der Waals surface area contributed by atoms with Gasteiger partial charge >= 0.3 is 5.63 Å². The normalized spacial score (nSPS) is 15.8. The number of sulfonamides is 1. The van der Waals surface area contributed by atoms with Crippen LogP contribution in [0.25, 0.3) is 0 Å². The topological polar surface area (TPSA) is 145 Å². The van der Waals surface area contributed by atoms with Gasteiger partial charge in [-0.05, 0) is 25.8 Å². The Balaban J connectivity index is 1.96. The zero-order valence-corrected chi connectivity index (χ0v) is 21.8. The van der Waals surface area contributed by atoms with Gasteiger partial charge in [-0.25, -0.2) is 17.5 Å². The lowest BCUT2D eigenvalue weighted by Crippen LogP contribution is -2.46. The molecule has 1 amide bonds. The molecule has 12 heteroatoms. The van der Waals surface area contributed by atoms with E-state index in [9.17, 15) is 23.1 Å². The van der Waals surface area contributed by atoms with E-state index in [4.69, 9.17) is 18.6 Å². The fourth-order valence-corrected chi connectivity index (χ4v) is 5.37. The molecule has 2 heterocycles. The van der Waals surface area contributed by atoms with E-state index in [1.807, 2.05) is 0 Å². The molecule has 3 rings (SSSR count). The summed E-state index contributed by atoms with van der Waals surface area (Å²) in [5.41, 5.74) is -0.444. The van der Waals surface area contributed by atoms with Gasteiger partial charge in [0.25, 0.3) is 0 Å². The molecule has 11 nitrogen and oxygen atoms in total. The van der Waals surface area contributed by atoms with Gasteiger partial charge in [0, 0.05) is 43.1 Å². The van der Waals surface area contributed by atoms with Crippen LogP contribution in [0.1, 0.15) is 42.1 Å². The average Bonchev–Trinajstić information content (AvgIpc) is 2.81. The molecule has 1 aliphatic heterocycles. The summed E-state index contributed by atoms with van der Waals surface area (Å²) in [7, 11) is 1.04. The zero-order chi connectivity index (χ0) is 26.6. The number of aryl methyl sites for hydroxylation is 1. The van der Waals surface area contributed by atoms with Crippen molar-refractivity contribution in [1.82, 2.24) is 9.62 Å². The fraction of sp³-hybridized carbons (Fsp3) is 0.500. The Morgan fingerprint density at radius 2 is 1.81 bits per heavy atom. The second-order valence-corrected chi connectivity index (χ2v) is 10.6. The Kier molecular flexibility index (Phi) is 8.51. The molecule has 0 radical (unpaired) electrons. The number of carbonyl (C=O) groups is 1. The summed E-state index contributed by atoms with van der Waals surface area (Å²) in [6.07, 6.45) is 1.87. The maximum atomic E-state index is 13.2. The predicted molar refractivity (Wildman–Crippen MR) is 132 cm³/mol. The van der Waals surface area contributed by atoms with Crippen LogP contribution in [0.15, 0.2) is 27.4 Å². The molecule has 1 aliphatic rings. The summed E-state index contributed by atoms with van der Waals surface area (Å²) < 4.78 is 46.5. The molecular formula is C24H32N2O9S. The number of hydrogen-bond donors (Lipinski definition) is 2. The minimum atomic E-state index is -3.29. The number of methoxy groups -OCH3 is 3. The predicted octanol–water partition coefficient (Wildman–Crippen LogP) is 1.74. The third-order valence-corrected chi connectivity index (χ3v) is 7.53. The van der Waals surface area contributed by atoms with Gasteiger partial charge in [-0.3, -0.25) is 4.79 Å². The van der Waals surface area contributed by atoms with Crippen molar-refractivity contribution in [2.45, 2.75) is 38.1 Å². The molecule has 0 saturated carbocycles. The van der Waals surface area contributed by atoms with E-state index >= 15 is 0 Å². The Hall–Kier alpha value is -3.25. The molecule has 0 aliphatic carbocycles. The van der Waals surface area contributed by atoms with Gasteiger partial charge in [-0.15, -0.1) is 0 Å². The molecule has 198 valence electrons. The minimum Gasteiger partial charge on any atom is -0.507 e. The SMILES string of the molecule is COc1ccc(C(CC(=O)NC2CCN(S(C)(=O)=O)CC2)c2c(O)cc(C)oc2=O)c(OC)c1OC. The molecule has 2 aromatic rings. The van der Waals surface area contributed by atoms with Gasteiger partial charge in [0.05, 0.1) is 33.1 Å². The van der Waals surface area contributed by atoms with Crippen LogP contribution < -0.4 is 25.2 Å². The lowest BCUT2D eigenvalue weighted by atomic mass is 9.87. The highest BCUT2D eigenvalue weighted by molar-refractivity contribution is 7.88. The summed E-state index contributed by atoms with van der Waals surface area (Å²) in [5.74, 6) is -0.496. The monoisotopic (exact) mass is 524 g/mol. The highest BCUT2D eigenvalue weighted by Crippen LogP contribution is 2.45. The number of nitrogens with zero attached hydrogens (tertiary/aromatic N) is 1. The van der Waals surface area contributed by atoms with Crippen molar-refractivity contribution >= 4 is 15.9 Å². The van der Waals surface area contributed by atoms with Gasteiger partial charge in [0.15, 0.2) is 11.5 Å². The smallest absolute Gasteiger partial charge is 0.343 e. The Bertz CT molecular complexity index is 1270. The van der Waals surface area contributed by atoms with Crippen molar-refractivity contribution in [2.24, 2.45) is 0 Å². The molecule has 1 aromatic carbocycles. The number of piperidine rings is 1. The molecule has 36 heavy (non-hydrogen) atoms. The van der Waals surface area contributed by atoms with Crippen LogP contribution in [0.3, 0.4) is 0 Å². The number of nitrogens with one attached hydrogen (secondary N) is 1. The van der Waals surface area contributed by atoms with Gasteiger partial charge < -0.3 is 29.1 Å². The maximum Gasteiger partial charge on any atom is 0.343 e. The number of aromatic hydroxyl groups is 1. The van der Waals surface area contributed by atoms with Crippen molar-refractivity contribution in [3.8, 4) is 23.0 Å². The van der Waals surface area contributed by atoms with Gasteiger partial charge in [-0.2, -0.15) is 0 Å². The minimum absolute atomic E-state index is 0.0897. The van der Waals surface area contributed by atoms with E-state index in [0.29, 0.717) is 37.2 Å². The number of rotatable bonds is 9. The van der Waals surface area contributed by atoms with Crippen molar-refractivity contribution in [1.29, 1.82) is 0 Å². The molecule has 2 N–H and O–H groups in total. The average molecular weight is 525 g/mol. The molecule has 1 saturated heterocycles. The second kappa shape index (κ2) is 11.2. The standard InChI is InChI=1S/C24H32N2O9S/c1-14-12-18(27)21(24(29)35-14)17(16-6-7-19(32-2)23(34-4)22(16)33-3)13-20(28)25-15-8-10-26(11-9-15)36(5,30)31/h6-7,12,15,17,27H,8-11,13H2,1-5H3,(H,25,28). The van der Waals surface area contributed by atoms with Crippen molar-refractivity contribution < 1.29 is 36.9 Å². The molecule has 1 atom stereocenters. The first kappa shape index (κ1) is 27.3. The van der Waals surface area contributed by atoms with E-state index in [1.165, 1.54) is 38.6 Å². The van der Waals surface area contributed by atoms with Gasteiger partial charge in [0.2, 0.25) is 21.7 Å². The first-order chi connectivity index (χ1) is 17.0. The van der Waals surface area contributed by atoms with Crippen molar-refractivity contribution in [2.75, 3.05) is 40.7 Å². The largest absolute Gasteiger partial charge is 0.507 e. The van der Waals surface area contributed by atoms with E-state index in [1.54, 1.807) is 12.1 Å². The van der Waals surface area contributed by atoms with Gasteiger partial charge in [-0.1, -0.05) is 6.07 Å². The van der Waals surface area contributed by atoms with Crippen LogP contribution in [0.2, 0.25) is 0 Å². The highest BCUT2D eigenvalue weighted by atomic mass is 32.2. The van der Waals surface area contributed by atoms with Crippen LogP contribution in [0, 0.1) is 6.92 Å². The fourth-order valence-electron chi connectivity index (χ4n) is 4.50. The summed E-state index contributed by atoms with van der Waals surface area (Å²) in [6.45, 7) is 2.14. The summed E-state index contributed by atoms with van der Waals surface area (Å²) in [4.78, 5) is 26.0. The van der Waals surface area contributed by atoms with E-state index < -0.39 is 21.6 Å². The van der Waals surface area contributed by atoms with Crippen molar-refractivity contribution in [3.63, 3.8) is 0 Å². The van der Waals surface area contributed by atoms with E-state index in [-0.39, 0.29) is 46.9 Å². The first-order valence-electron chi connectivity index (χ1n) is 11.4. The number of benzene rings is 1. The van der Waals surface area contributed by atoms with Crippen molar-refractivity contribution in [3.05, 3.63) is 45.5 Å². The third kappa shape index (κ3) is 5.93. The molecule has 1 fully saturated rings. The zero-order valence-electron chi connectivity index (χ0n) is 21.0. The summed E-state index contributed by atoms with van der Waals surface area (Å²) in [6, 6.07) is 4.35. The molecule has 1 aromatic heterocycles. The lowest BCUT2D eigenvalue weighted by Gasteiger charge is -2.31. The Morgan fingerprint density at radius 1 is 1.17 bits per heavy atom. The van der Waals surface area contributed by atoms with E-state index in [2.05, 4.69) is 5.32 Å². The van der Waals surface area contributed by atoms with E-state index in [0.717, 1.165) is 6.26 Å². The summed E-state index contributed by atoms with van der Waals surface area (Å²) in [5, 5.41) is 13.6. The van der Waals surface area contributed by atoms with Gasteiger partial charge in [0.1, 0.15) is 11.5 Å². The molecule has 0 bridgehead atoms. The Morgan fingerprint density at radius 3 is 2.33 bits per heavy atom. The number of carbonyl (C=O) groups excluding carboxylic acids is 1. The number of ether oxygens (including phenoxy) is 3. The highest BCUT2D eigenvalue weighted by Gasteiger charge is 2.32.